The molecule has 21 heavy (non-hydrogen) atoms. The lowest BCUT2D eigenvalue weighted by Gasteiger charge is -2.28. The van der Waals surface area contributed by atoms with E-state index in [2.05, 4.69) is 56.8 Å². The second-order valence-electron chi connectivity index (χ2n) is 7.01. The van der Waals surface area contributed by atoms with Crippen LogP contribution in [0.5, 0.6) is 0 Å². The third-order valence-electron chi connectivity index (χ3n) is 4.56. The summed E-state index contributed by atoms with van der Waals surface area (Å²) in [6.45, 7) is 12.9. The van der Waals surface area contributed by atoms with Crippen LogP contribution in [-0.4, -0.2) is 54.1 Å². The van der Waals surface area contributed by atoms with E-state index >= 15 is 0 Å². The molecule has 1 N–H and O–H groups in total. The molecule has 0 aromatic heterocycles. The van der Waals surface area contributed by atoms with Gasteiger partial charge in [-0.05, 0) is 46.2 Å². The van der Waals surface area contributed by atoms with Crippen LogP contribution in [0.1, 0.15) is 60.3 Å². The molecule has 1 rings (SSSR count). The second-order valence-corrected chi connectivity index (χ2v) is 7.01. The Morgan fingerprint density at radius 1 is 1.24 bits per heavy atom. The number of carbonyl (C=O) groups is 1. The number of nitrogens with zero attached hydrogens (tertiary/aromatic N) is 2. The first-order valence-electron chi connectivity index (χ1n) is 8.65. The summed E-state index contributed by atoms with van der Waals surface area (Å²) in [5.74, 6) is 0.776. The van der Waals surface area contributed by atoms with E-state index in [9.17, 15) is 4.79 Å². The summed E-state index contributed by atoms with van der Waals surface area (Å²) >= 11 is 0. The lowest BCUT2D eigenvalue weighted by atomic mass is 10.1. The van der Waals surface area contributed by atoms with Gasteiger partial charge in [0.05, 0.1) is 12.2 Å². The van der Waals surface area contributed by atoms with Crippen LogP contribution in [0.15, 0.2) is 0 Å². The molecule has 4 nitrogen and oxygen atoms in total. The van der Waals surface area contributed by atoms with Gasteiger partial charge >= 0.3 is 0 Å². The molecule has 0 bridgehead atoms. The standard InChI is InChI=1S/C17H35N3O/c1-7-8-10-15-17(21)20(16(18-15)13(2)3)12-9-11-19(6)14(4)5/h13-16,18H,7-12H2,1-6H3. The monoisotopic (exact) mass is 297 g/mol. The van der Waals surface area contributed by atoms with Gasteiger partial charge in [-0.15, -0.1) is 0 Å². The zero-order chi connectivity index (χ0) is 16.0. The zero-order valence-corrected chi connectivity index (χ0v) is 14.9. The van der Waals surface area contributed by atoms with Crippen molar-refractivity contribution in [2.75, 3.05) is 20.1 Å². The molecule has 1 heterocycles. The fourth-order valence-corrected chi connectivity index (χ4v) is 2.87. The minimum Gasteiger partial charge on any atom is -0.325 e. The summed E-state index contributed by atoms with van der Waals surface area (Å²) in [5.41, 5.74) is 0. The smallest absolute Gasteiger partial charge is 0.241 e. The van der Waals surface area contributed by atoms with Crippen molar-refractivity contribution in [1.82, 2.24) is 15.1 Å². The van der Waals surface area contributed by atoms with Crippen molar-refractivity contribution in [3.8, 4) is 0 Å². The molecular weight excluding hydrogens is 262 g/mol. The fourth-order valence-electron chi connectivity index (χ4n) is 2.87. The Bertz CT molecular complexity index is 317. The molecule has 1 fully saturated rings. The molecule has 1 aliphatic rings. The van der Waals surface area contributed by atoms with Crippen LogP contribution in [0, 0.1) is 5.92 Å². The van der Waals surface area contributed by atoms with E-state index in [1.807, 2.05) is 0 Å². The Kier molecular flexibility index (Phi) is 7.67. The highest BCUT2D eigenvalue weighted by Gasteiger charge is 2.39. The van der Waals surface area contributed by atoms with Crippen molar-refractivity contribution in [3.05, 3.63) is 0 Å². The van der Waals surface area contributed by atoms with Gasteiger partial charge < -0.3 is 9.80 Å². The second kappa shape index (κ2) is 8.74. The van der Waals surface area contributed by atoms with Crippen molar-refractivity contribution in [2.24, 2.45) is 5.92 Å². The third kappa shape index (κ3) is 5.26. The average molecular weight is 297 g/mol. The number of hydrogen-bond donors (Lipinski definition) is 1. The molecule has 0 radical (unpaired) electrons. The van der Waals surface area contributed by atoms with E-state index in [1.165, 1.54) is 0 Å². The van der Waals surface area contributed by atoms with Crippen LogP contribution in [0.4, 0.5) is 0 Å². The van der Waals surface area contributed by atoms with Gasteiger partial charge in [-0.3, -0.25) is 10.1 Å². The lowest BCUT2D eigenvalue weighted by Crippen LogP contribution is -2.42. The Morgan fingerprint density at radius 3 is 2.43 bits per heavy atom. The number of hydrogen-bond acceptors (Lipinski definition) is 3. The Hall–Kier alpha value is -0.610. The minimum atomic E-state index is 0.0418. The van der Waals surface area contributed by atoms with Crippen molar-refractivity contribution in [1.29, 1.82) is 0 Å². The van der Waals surface area contributed by atoms with Crippen LogP contribution in [0.3, 0.4) is 0 Å². The molecule has 0 saturated carbocycles. The molecule has 1 aliphatic heterocycles. The van der Waals surface area contributed by atoms with Crippen molar-refractivity contribution >= 4 is 5.91 Å². The number of rotatable bonds is 9. The topological polar surface area (TPSA) is 35.6 Å². The predicted molar refractivity (Wildman–Crippen MR) is 89.2 cm³/mol. The quantitative estimate of drug-likeness (QED) is 0.711. The molecule has 0 aliphatic carbocycles. The van der Waals surface area contributed by atoms with Gasteiger partial charge in [0, 0.05) is 12.6 Å². The highest BCUT2D eigenvalue weighted by atomic mass is 16.2. The van der Waals surface area contributed by atoms with Crippen LogP contribution in [-0.2, 0) is 4.79 Å². The maximum atomic E-state index is 12.6. The Labute approximate surface area is 131 Å². The van der Waals surface area contributed by atoms with Crippen LogP contribution in [0.25, 0.3) is 0 Å². The van der Waals surface area contributed by atoms with E-state index < -0.39 is 0 Å². The zero-order valence-electron chi connectivity index (χ0n) is 14.9. The lowest BCUT2D eigenvalue weighted by molar-refractivity contribution is -0.130. The summed E-state index contributed by atoms with van der Waals surface area (Å²) in [5, 5.41) is 3.55. The molecule has 2 atom stereocenters. The van der Waals surface area contributed by atoms with Gasteiger partial charge in [0.2, 0.25) is 5.91 Å². The molecule has 0 aromatic carbocycles. The molecule has 4 heteroatoms. The Balaban J connectivity index is 2.54. The molecule has 0 aromatic rings. The first-order chi connectivity index (χ1) is 9.88. The third-order valence-corrected chi connectivity index (χ3v) is 4.56. The van der Waals surface area contributed by atoms with Gasteiger partial charge in [0.15, 0.2) is 0 Å². The van der Waals surface area contributed by atoms with Gasteiger partial charge in [-0.1, -0.05) is 33.6 Å². The molecule has 2 unspecified atom stereocenters. The van der Waals surface area contributed by atoms with Gasteiger partial charge in [0.25, 0.3) is 0 Å². The minimum absolute atomic E-state index is 0.0418. The van der Waals surface area contributed by atoms with Gasteiger partial charge in [0.1, 0.15) is 0 Å². The predicted octanol–water partition coefficient (Wildman–Crippen LogP) is 2.69. The molecule has 1 amide bonds. The number of carbonyl (C=O) groups excluding carboxylic acids is 1. The molecular formula is C17H35N3O. The summed E-state index contributed by atoms with van der Waals surface area (Å²) in [6.07, 6.45) is 4.51. The van der Waals surface area contributed by atoms with Gasteiger partial charge in [-0.2, -0.15) is 0 Å². The summed E-state index contributed by atoms with van der Waals surface area (Å²) in [6, 6.07) is 0.607. The summed E-state index contributed by atoms with van der Waals surface area (Å²) in [4.78, 5) is 17.0. The van der Waals surface area contributed by atoms with Crippen molar-refractivity contribution in [2.45, 2.75) is 78.6 Å². The first kappa shape index (κ1) is 18.4. The van der Waals surface area contributed by atoms with E-state index in [0.29, 0.717) is 17.9 Å². The highest BCUT2D eigenvalue weighted by Crippen LogP contribution is 2.21. The average Bonchev–Trinajstić information content (AvgIpc) is 2.73. The van der Waals surface area contributed by atoms with Crippen LogP contribution >= 0.6 is 0 Å². The van der Waals surface area contributed by atoms with E-state index in [1.54, 1.807) is 0 Å². The molecule has 124 valence electrons. The Morgan fingerprint density at radius 2 is 1.90 bits per heavy atom. The summed E-state index contributed by atoms with van der Waals surface area (Å²) in [7, 11) is 2.15. The number of amides is 1. The first-order valence-corrected chi connectivity index (χ1v) is 8.65. The van der Waals surface area contributed by atoms with E-state index in [-0.39, 0.29) is 12.2 Å². The van der Waals surface area contributed by atoms with Gasteiger partial charge in [-0.25, -0.2) is 0 Å². The highest BCUT2D eigenvalue weighted by molar-refractivity contribution is 5.84. The van der Waals surface area contributed by atoms with Crippen LogP contribution < -0.4 is 5.32 Å². The fraction of sp³-hybridized carbons (Fsp3) is 0.941. The van der Waals surface area contributed by atoms with Crippen molar-refractivity contribution < 1.29 is 4.79 Å². The maximum absolute atomic E-state index is 12.6. The van der Waals surface area contributed by atoms with E-state index in [4.69, 9.17) is 0 Å². The molecule has 1 saturated heterocycles. The SMILES string of the molecule is CCCCC1NC(C(C)C)N(CCCN(C)C(C)C)C1=O. The van der Waals surface area contributed by atoms with E-state index in [0.717, 1.165) is 38.8 Å². The maximum Gasteiger partial charge on any atom is 0.241 e. The summed E-state index contributed by atoms with van der Waals surface area (Å²) < 4.78 is 0. The van der Waals surface area contributed by atoms with Crippen LogP contribution in [0.2, 0.25) is 0 Å². The number of nitrogens with one attached hydrogen (secondary N) is 1. The normalized spacial score (nSPS) is 23.1. The van der Waals surface area contributed by atoms with Crippen molar-refractivity contribution in [3.63, 3.8) is 0 Å². The number of unbranched alkanes of at least 4 members (excludes halogenated alkanes) is 1. The largest absolute Gasteiger partial charge is 0.325 e. The molecule has 0 spiro atoms.